The molecule has 1 aromatic carbocycles. The van der Waals surface area contributed by atoms with E-state index in [0.717, 1.165) is 36.1 Å². The van der Waals surface area contributed by atoms with Gasteiger partial charge in [0.2, 0.25) is 0 Å². The van der Waals surface area contributed by atoms with Crippen LogP contribution in [0.5, 0.6) is 0 Å². The van der Waals surface area contributed by atoms with E-state index in [9.17, 15) is 10.4 Å². The van der Waals surface area contributed by atoms with Crippen molar-refractivity contribution >= 4 is 12.6 Å². The molecule has 0 amide bonds. The lowest BCUT2D eigenvalue weighted by Gasteiger charge is -2.50. The summed E-state index contributed by atoms with van der Waals surface area (Å²) in [4.78, 5) is 0. The van der Waals surface area contributed by atoms with Crippen molar-refractivity contribution < 1.29 is 10.4 Å². The average Bonchev–Trinajstić information content (AvgIpc) is 2.74. The molecule has 1 aromatic rings. The molecule has 0 aromatic heterocycles. The standard InChI is InChI=1S/C23H37N3O2S/c1-20(2)12-16(13-21(3,4)25(20)27)24-14-19(29)15-9-10-17-18(11-15)23(7,8)26(28)22(17,5)6/h9-11,16,19,24,29H,12-14H2,1-8H3. The van der Waals surface area contributed by atoms with Crippen molar-refractivity contribution in [2.75, 3.05) is 6.54 Å². The number of hydroxylamine groups is 4. The fourth-order valence-corrected chi connectivity index (χ4v) is 5.80. The first-order valence-corrected chi connectivity index (χ1v) is 11.1. The van der Waals surface area contributed by atoms with Crippen LogP contribution in [0.2, 0.25) is 0 Å². The second kappa shape index (κ2) is 7.21. The first kappa shape index (κ1) is 23.0. The smallest absolute Gasteiger partial charge is 0.0699 e. The maximum Gasteiger partial charge on any atom is 0.0699 e. The van der Waals surface area contributed by atoms with Gasteiger partial charge in [-0.3, -0.25) is 0 Å². The van der Waals surface area contributed by atoms with Crippen LogP contribution < -0.4 is 5.32 Å². The molecule has 6 heteroatoms. The van der Waals surface area contributed by atoms with Gasteiger partial charge < -0.3 is 5.32 Å². The van der Waals surface area contributed by atoms with Crippen LogP contribution in [0.4, 0.5) is 0 Å². The molecule has 1 N–H and O–H groups in total. The number of hydrogen-bond donors (Lipinski definition) is 2. The van der Waals surface area contributed by atoms with Gasteiger partial charge in [0.1, 0.15) is 0 Å². The highest BCUT2D eigenvalue weighted by Crippen LogP contribution is 2.49. The minimum Gasteiger partial charge on any atom is -0.312 e. The molecule has 2 aliphatic heterocycles. The molecule has 2 aliphatic rings. The van der Waals surface area contributed by atoms with Crippen molar-refractivity contribution in [3.63, 3.8) is 0 Å². The van der Waals surface area contributed by atoms with Crippen molar-refractivity contribution in [1.29, 1.82) is 0 Å². The number of piperidine rings is 1. The summed E-state index contributed by atoms with van der Waals surface area (Å²) in [6.07, 6.45) is 1.63. The van der Waals surface area contributed by atoms with E-state index >= 15 is 0 Å². The summed E-state index contributed by atoms with van der Waals surface area (Å²) in [5.41, 5.74) is 1.48. The summed E-state index contributed by atoms with van der Waals surface area (Å²) < 4.78 is 0. The summed E-state index contributed by atoms with van der Waals surface area (Å²) in [6, 6.07) is 6.63. The Morgan fingerprint density at radius 3 is 2.00 bits per heavy atom. The van der Waals surface area contributed by atoms with E-state index in [4.69, 9.17) is 12.6 Å². The number of nitrogens with one attached hydrogen (secondary N) is 1. The highest BCUT2D eigenvalue weighted by molar-refractivity contribution is 7.80. The van der Waals surface area contributed by atoms with Gasteiger partial charge in [0.25, 0.3) is 0 Å². The van der Waals surface area contributed by atoms with E-state index in [1.807, 2.05) is 55.4 Å². The zero-order valence-corrected chi connectivity index (χ0v) is 20.1. The molecule has 0 spiro atoms. The SMILES string of the molecule is CC1(C)CC(NCC(S)c2ccc3c(c2)C(C)(C)N([O])C3(C)C)CC(C)(C)N1[O]. The molecule has 1 atom stereocenters. The molecule has 162 valence electrons. The Bertz CT molecular complexity index is 757. The van der Waals surface area contributed by atoms with Crippen LogP contribution in [0.1, 0.15) is 90.2 Å². The van der Waals surface area contributed by atoms with Crippen LogP contribution in [-0.4, -0.2) is 33.8 Å². The van der Waals surface area contributed by atoms with E-state index in [0.29, 0.717) is 0 Å². The van der Waals surface area contributed by atoms with E-state index in [-0.39, 0.29) is 22.4 Å². The fraction of sp³-hybridized carbons (Fsp3) is 0.739. The molecule has 3 rings (SSSR count). The molecule has 1 unspecified atom stereocenters. The van der Waals surface area contributed by atoms with Crippen LogP contribution >= 0.6 is 12.6 Å². The lowest BCUT2D eigenvalue weighted by atomic mass is 9.79. The zero-order chi connectivity index (χ0) is 22.0. The van der Waals surface area contributed by atoms with E-state index in [1.54, 1.807) is 0 Å². The van der Waals surface area contributed by atoms with Crippen molar-refractivity contribution in [2.45, 2.75) is 102 Å². The second-order valence-corrected chi connectivity index (χ2v) is 11.8. The predicted molar refractivity (Wildman–Crippen MR) is 118 cm³/mol. The quantitative estimate of drug-likeness (QED) is 0.693. The summed E-state index contributed by atoms with van der Waals surface area (Å²) in [6.45, 7) is 16.8. The molecule has 0 saturated carbocycles. The number of benzene rings is 1. The molecule has 2 radical (unpaired) electrons. The van der Waals surface area contributed by atoms with Gasteiger partial charge >= 0.3 is 0 Å². The Kier molecular flexibility index (Phi) is 5.73. The maximum absolute atomic E-state index is 12.8. The number of thiol groups is 1. The number of hydrogen-bond acceptors (Lipinski definition) is 4. The minimum absolute atomic E-state index is 0.0245. The Balaban J connectivity index is 1.73. The summed E-state index contributed by atoms with van der Waals surface area (Å²) in [5.74, 6) is 0. The van der Waals surface area contributed by atoms with Crippen LogP contribution in [0, 0.1) is 0 Å². The third kappa shape index (κ3) is 3.88. The molecule has 5 nitrogen and oxygen atoms in total. The lowest BCUT2D eigenvalue weighted by molar-refractivity contribution is -0.290. The summed E-state index contributed by atoms with van der Waals surface area (Å²) >= 11 is 4.86. The van der Waals surface area contributed by atoms with E-state index in [2.05, 4.69) is 23.5 Å². The van der Waals surface area contributed by atoms with E-state index in [1.165, 1.54) is 10.1 Å². The molecule has 0 aliphatic carbocycles. The van der Waals surface area contributed by atoms with Gasteiger partial charge in [-0.1, -0.05) is 18.2 Å². The van der Waals surface area contributed by atoms with Gasteiger partial charge in [0, 0.05) is 28.9 Å². The third-order valence-corrected chi connectivity index (χ3v) is 7.43. The normalized spacial score (nSPS) is 27.0. The number of fused-ring (bicyclic) bond motifs is 1. The first-order valence-electron chi connectivity index (χ1n) is 10.6. The van der Waals surface area contributed by atoms with Crippen LogP contribution in [0.15, 0.2) is 18.2 Å². The molecule has 0 bridgehead atoms. The molecular formula is C23H37N3O2S. The molecule has 29 heavy (non-hydrogen) atoms. The summed E-state index contributed by atoms with van der Waals surface area (Å²) in [5, 5.41) is 31.5. The molecule has 1 fully saturated rings. The van der Waals surface area contributed by atoms with Crippen molar-refractivity contribution in [2.24, 2.45) is 0 Å². The topological polar surface area (TPSA) is 58.3 Å². The van der Waals surface area contributed by atoms with Gasteiger partial charge in [-0.05, 0) is 84.9 Å². The predicted octanol–water partition coefficient (Wildman–Crippen LogP) is 4.75. The largest absolute Gasteiger partial charge is 0.312 e. The molecular weight excluding hydrogens is 382 g/mol. The minimum atomic E-state index is -0.551. The summed E-state index contributed by atoms with van der Waals surface area (Å²) in [7, 11) is 0. The highest BCUT2D eigenvalue weighted by atomic mass is 32.1. The maximum atomic E-state index is 12.8. The van der Waals surface area contributed by atoms with Crippen LogP contribution in [-0.2, 0) is 21.5 Å². The average molecular weight is 420 g/mol. The van der Waals surface area contributed by atoms with Gasteiger partial charge in [-0.2, -0.15) is 12.6 Å². The van der Waals surface area contributed by atoms with Gasteiger partial charge in [-0.15, -0.1) is 20.5 Å². The van der Waals surface area contributed by atoms with Crippen LogP contribution in [0.3, 0.4) is 0 Å². The van der Waals surface area contributed by atoms with Crippen molar-refractivity contribution in [3.05, 3.63) is 34.9 Å². The Morgan fingerprint density at radius 1 is 0.931 bits per heavy atom. The van der Waals surface area contributed by atoms with E-state index < -0.39 is 11.1 Å². The lowest BCUT2D eigenvalue weighted by Crippen LogP contribution is -2.62. The van der Waals surface area contributed by atoms with Gasteiger partial charge in [-0.25, -0.2) is 0 Å². The van der Waals surface area contributed by atoms with Gasteiger partial charge in [0.05, 0.1) is 11.1 Å². The Morgan fingerprint density at radius 2 is 1.45 bits per heavy atom. The second-order valence-electron chi connectivity index (χ2n) is 11.2. The van der Waals surface area contributed by atoms with Crippen molar-refractivity contribution in [3.8, 4) is 0 Å². The zero-order valence-electron chi connectivity index (χ0n) is 19.2. The number of nitrogens with zero attached hydrogens (tertiary/aromatic N) is 2. The first-order chi connectivity index (χ1) is 13.1. The number of rotatable bonds is 4. The van der Waals surface area contributed by atoms with Crippen LogP contribution in [0.25, 0.3) is 0 Å². The Labute approximate surface area is 181 Å². The third-order valence-electron chi connectivity index (χ3n) is 6.95. The highest BCUT2D eigenvalue weighted by Gasteiger charge is 2.50. The molecule has 1 saturated heterocycles. The fourth-order valence-electron chi connectivity index (χ4n) is 5.53. The van der Waals surface area contributed by atoms with Gasteiger partial charge in [0.15, 0.2) is 0 Å². The Hall–Kier alpha value is -0.630. The monoisotopic (exact) mass is 419 g/mol. The molecule has 2 heterocycles. The van der Waals surface area contributed by atoms with Crippen molar-refractivity contribution in [1.82, 2.24) is 15.4 Å².